The van der Waals surface area contributed by atoms with E-state index in [4.69, 9.17) is 16.6 Å². The number of aromatic nitrogens is 4. The van der Waals surface area contributed by atoms with Crippen molar-refractivity contribution in [3.8, 4) is 22.5 Å². The molecule has 24 heavy (non-hydrogen) atoms. The van der Waals surface area contributed by atoms with Crippen LogP contribution in [0.4, 0.5) is 0 Å². The van der Waals surface area contributed by atoms with E-state index in [0.29, 0.717) is 11.2 Å². The average molecular weight is 339 g/mol. The molecule has 4 nitrogen and oxygen atoms in total. The van der Waals surface area contributed by atoms with E-state index in [1.165, 1.54) is 0 Å². The molecule has 0 unspecified atom stereocenters. The summed E-state index contributed by atoms with van der Waals surface area (Å²) in [5.41, 5.74) is 5.01. The third-order valence-corrected chi connectivity index (χ3v) is 5.04. The van der Waals surface area contributed by atoms with Gasteiger partial charge in [0.1, 0.15) is 5.15 Å². The summed E-state index contributed by atoms with van der Waals surface area (Å²) in [7, 11) is 1.87. The Morgan fingerprint density at radius 1 is 1.12 bits per heavy atom. The van der Waals surface area contributed by atoms with Gasteiger partial charge in [0, 0.05) is 18.7 Å². The van der Waals surface area contributed by atoms with Gasteiger partial charge in [-0.15, -0.1) is 0 Å². The highest BCUT2D eigenvalue weighted by Crippen LogP contribution is 2.40. The second-order valence-electron chi connectivity index (χ2n) is 6.19. The van der Waals surface area contributed by atoms with Crippen LogP contribution in [0, 0.1) is 6.92 Å². The van der Waals surface area contributed by atoms with E-state index in [9.17, 15) is 0 Å². The lowest BCUT2D eigenvalue weighted by Crippen LogP contribution is -2.06. The molecule has 0 atom stereocenters. The van der Waals surface area contributed by atoms with Crippen LogP contribution >= 0.6 is 11.6 Å². The van der Waals surface area contributed by atoms with Crippen LogP contribution in [0.3, 0.4) is 0 Å². The Hall–Kier alpha value is -2.33. The summed E-state index contributed by atoms with van der Waals surface area (Å²) in [6.45, 7) is 2.00. The molecule has 0 fully saturated rings. The van der Waals surface area contributed by atoms with Gasteiger partial charge in [-0.1, -0.05) is 54.1 Å². The number of allylic oxidation sites excluding steroid dienone is 2. The summed E-state index contributed by atoms with van der Waals surface area (Å²) >= 11 is 6.59. The molecule has 0 bridgehead atoms. The van der Waals surface area contributed by atoms with E-state index in [2.05, 4.69) is 34.0 Å². The molecule has 122 valence electrons. The maximum Gasteiger partial charge on any atom is 0.136 e. The number of benzene rings is 1. The Morgan fingerprint density at radius 3 is 2.46 bits per heavy atom. The summed E-state index contributed by atoms with van der Waals surface area (Å²) in [6.07, 6.45) is 8.45. The van der Waals surface area contributed by atoms with Crippen molar-refractivity contribution in [3.63, 3.8) is 0 Å². The molecular weight excluding hydrogens is 320 g/mol. The number of hydrogen-bond acceptors (Lipinski definition) is 2. The molecule has 1 aliphatic carbocycles. The lowest BCUT2D eigenvalue weighted by molar-refractivity contribution is 0.540. The number of aryl methyl sites for hydroxylation is 2. The number of halogens is 1. The van der Waals surface area contributed by atoms with Crippen LogP contribution < -0.4 is 0 Å². The van der Waals surface area contributed by atoms with Gasteiger partial charge in [0.2, 0.25) is 0 Å². The van der Waals surface area contributed by atoms with Crippen LogP contribution in [0.15, 0.2) is 48.8 Å². The van der Waals surface area contributed by atoms with E-state index in [0.717, 1.165) is 41.1 Å². The molecule has 0 spiro atoms. The molecule has 0 aliphatic heterocycles. The smallest absolute Gasteiger partial charge is 0.136 e. The Bertz CT molecular complexity index is 897. The lowest BCUT2D eigenvalue weighted by atomic mass is 10.0. The van der Waals surface area contributed by atoms with Gasteiger partial charge in [0.15, 0.2) is 0 Å². The summed E-state index contributed by atoms with van der Waals surface area (Å²) in [5.74, 6) is 0. The van der Waals surface area contributed by atoms with Gasteiger partial charge in [-0.3, -0.25) is 4.68 Å². The van der Waals surface area contributed by atoms with E-state index < -0.39 is 0 Å². The molecule has 0 saturated heterocycles. The topological polar surface area (TPSA) is 35.6 Å². The van der Waals surface area contributed by atoms with Crippen molar-refractivity contribution in [2.75, 3.05) is 0 Å². The Morgan fingerprint density at radius 2 is 1.83 bits per heavy atom. The fourth-order valence-corrected chi connectivity index (χ4v) is 3.69. The number of rotatable bonds is 3. The maximum absolute atomic E-state index is 6.59. The monoisotopic (exact) mass is 338 g/mol. The predicted molar refractivity (Wildman–Crippen MR) is 97.0 cm³/mol. The normalized spacial score (nSPS) is 14.6. The average Bonchev–Trinajstić information content (AvgIpc) is 3.29. The molecule has 0 amide bonds. The molecule has 4 rings (SSSR count). The molecule has 0 N–H and O–H groups in total. The van der Waals surface area contributed by atoms with Gasteiger partial charge in [0.05, 0.1) is 29.0 Å². The van der Waals surface area contributed by atoms with Crippen LogP contribution in [0.2, 0.25) is 5.15 Å². The second kappa shape index (κ2) is 5.95. The number of nitrogens with zero attached hydrogens (tertiary/aromatic N) is 4. The van der Waals surface area contributed by atoms with Crippen LogP contribution in [0.25, 0.3) is 22.5 Å². The van der Waals surface area contributed by atoms with E-state index >= 15 is 0 Å². The minimum Gasteiger partial charge on any atom is -0.326 e. The second-order valence-corrected chi connectivity index (χ2v) is 6.54. The molecule has 0 radical (unpaired) electrons. The molecule has 0 saturated carbocycles. The van der Waals surface area contributed by atoms with E-state index in [-0.39, 0.29) is 0 Å². The zero-order chi connectivity index (χ0) is 16.7. The van der Waals surface area contributed by atoms with Gasteiger partial charge >= 0.3 is 0 Å². The van der Waals surface area contributed by atoms with Crippen LogP contribution in [0.5, 0.6) is 0 Å². The molecule has 2 aromatic heterocycles. The highest BCUT2D eigenvalue weighted by Gasteiger charge is 2.26. The highest BCUT2D eigenvalue weighted by atomic mass is 35.5. The fourth-order valence-electron chi connectivity index (χ4n) is 3.42. The van der Waals surface area contributed by atoms with Crippen LogP contribution in [-0.4, -0.2) is 19.3 Å². The highest BCUT2D eigenvalue weighted by molar-refractivity contribution is 6.32. The van der Waals surface area contributed by atoms with Gasteiger partial charge in [-0.05, 0) is 19.8 Å². The predicted octanol–water partition coefficient (Wildman–Crippen LogP) is 4.80. The molecule has 5 heteroatoms. The maximum atomic E-state index is 6.59. The first-order valence-corrected chi connectivity index (χ1v) is 8.51. The van der Waals surface area contributed by atoms with Crippen molar-refractivity contribution in [2.24, 2.45) is 7.05 Å². The van der Waals surface area contributed by atoms with Crippen LogP contribution in [0.1, 0.15) is 24.6 Å². The van der Waals surface area contributed by atoms with Crippen molar-refractivity contribution in [2.45, 2.75) is 25.8 Å². The van der Waals surface area contributed by atoms with E-state index in [1.54, 1.807) is 4.68 Å². The fraction of sp³-hybridized carbons (Fsp3) is 0.263. The lowest BCUT2D eigenvalue weighted by Gasteiger charge is -2.16. The molecule has 3 aromatic rings. The van der Waals surface area contributed by atoms with Crippen molar-refractivity contribution in [3.05, 3.63) is 59.7 Å². The molecular formula is C19H19ClN4. The van der Waals surface area contributed by atoms with Gasteiger partial charge in [-0.2, -0.15) is 5.10 Å². The van der Waals surface area contributed by atoms with Gasteiger partial charge in [-0.25, -0.2) is 4.98 Å². The van der Waals surface area contributed by atoms with E-state index in [1.807, 2.05) is 38.5 Å². The van der Waals surface area contributed by atoms with Gasteiger partial charge in [0.25, 0.3) is 0 Å². The standard InChI is InChI=1S/C19H19ClN4/c1-13-16(19(20)23(2)22-13)18-17(14-8-4-3-5-9-14)21-12-24(18)15-10-6-7-11-15/h3-9,12,15H,10-11H2,1-2H3. The largest absolute Gasteiger partial charge is 0.326 e. The van der Waals surface area contributed by atoms with Crippen molar-refractivity contribution in [1.82, 2.24) is 19.3 Å². The summed E-state index contributed by atoms with van der Waals surface area (Å²) < 4.78 is 3.99. The molecule has 1 aromatic carbocycles. The third kappa shape index (κ3) is 2.38. The number of hydrogen-bond donors (Lipinski definition) is 0. The third-order valence-electron chi connectivity index (χ3n) is 4.61. The minimum absolute atomic E-state index is 0.389. The zero-order valence-corrected chi connectivity index (χ0v) is 14.5. The summed E-state index contributed by atoms with van der Waals surface area (Å²) in [5, 5.41) is 5.15. The van der Waals surface area contributed by atoms with Crippen molar-refractivity contribution >= 4 is 11.6 Å². The minimum atomic E-state index is 0.389. The summed E-state index contributed by atoms with van der Waals surface area (Å²) in [4.78, 5) is 4.74. The van der Waals surface area contributed by atoms with Crippen LogP contribution in [-0.2, 0) is 7.05 Å². The number of imidazole rings is 1. The Kier molecular flexibility index (Phi) is 3.77. The summed E-state index contributed by atoms with van der Waals surface area (Å²) in [6, 6.07) is 10.6. The van der Waals surface area contributed by atoms with Crippen molar-refractivity contribution < 1.29 is 0 Å². The zero-order valence-electron chi connectivity index (χ0n) is 13.8. The molecule has 1 aliphatic rings. The first-order chi connectivity index (χ1) is 11.7. The SMILES string of the molecule is Cc1nn(C)c(Cl)c1-c1c(-c2ccccc2)ncn1C1CC=CC1. The Labute approximate surface area is 146 Å². The molecule has 2 heterocycles. The Balaban J connectivity index is 1.96. The quantitative estimate of drug-likeness (QED) is 0.643. The van der Waals surface area contributed by atoms with Crippen molar-refractivity contribution in [1.29, 1.82) is 0 Å². The first-order valence-electron chi connectivity index (χ1n) is 8.13. The first kappa shape index (κ1) is 15.2. The van der Waals surface area contributed by atoms with Gasteiger partial charge < -0.3 is 4.57 Å².